The molecule has 3 aromatic rings. The molecule has 0 aliphatic carbocycles. The molecule has 112 valence electrons. The Hall–Kier alpha value is -2.34. The van der Waals surface area contributed by atoms with Crippen LogP contribution in [0.1, 0.15) is 11.4 Å². The van der Waals surface area contributed by atoms with Crippen molar-refractivity contribution in [2.45, 2.75) is 11.5 Å². The van der Waals surface area contributed by atoms with Gasteiger partial charge in [0.1, 0.15) is 5.75 Å². The normalized spacial score (nSPS) is 10.6. The summed E-state index contributed by atoms with van der Waals surface area (Å²) in [4.78, 5) is 0. The molecule has 0 aliphatic rings. The lowest BCUT2D eigenvalue weighted by Gasteiger charge is -2.05. The third-order valence-corrected chi connectivity index (χ3v) is 4.17. The van der Waals surface area contributed by atoms with Crippen molar-refractivity contribution in [2.24, 2.45) is 0 Å². The van der Waals surface area contributed by atoms with E-state index in [2.05, 4.69) is 21.6 Å². The van der Waals surface area contributed by atoms with E-state index in [4.69, 9.17) is 4.74 Å². The Morgan fingerprint density at radius 1 is 1.05 bits per heavy atom. The van der Waals surface area contributed by atoms with Gasteiger partial charge in [-0.3, -0.25) is 0 Å². The van der Waals surface area contributed by atoms with E-state index in [0.717, 1.165) is 28.8 Å². The summed E-state index contributed by atoms with van der Waals surface area (Å²) in [5, 5.41) is 12.0. The number of para-hydroxylation sites is 1. The van der Waals surface area contributed by atoms with Crippen LogP contribution in [0.5, 0.6) is 5.75 Å². The van der Waals surface area contributed by atoms with Crippen LogP contribution >= 0.6 is 11.8 Å². The first kappa shape index (κ1) is 14.6. The van der Waals surface area contributed by atoms with Gasteiger partial charge in [-0.1, -0.05) is 30.3 Å². The van der Waals surface area contributed by atoms with Crippen LogP contribution in [0.3, 0.4) is 0 Å². The molecule has 0 spiro atoms. The predicted octanol–water partition coefficient (Wildman–Crippen LogP) is 3.10. The van der Waals surface area contributed by atoms with Crippen molar-refractivity contribution >= 4 is 11.8 Å². The van der Waals surface area contributed by atoms with Crippen LogP contribution in [0.4, 0.5) is 0 Å². The lowest BCUT2D eigenvalue weighted by Crippen LogP contribution is -2.02. The molecule has 1 aromatic heterocycles. The largest absolute Gasteiger partial charge is 0.497 e. The minimum Gasteiger partial charge on any atom is -0.497 e. The quantitative estimate of drug-likeness (QED) is 0.700. The van der Waals surface area contributed by atoms with Crippen LogP contribution in [0.15, 0.2) is 54.6 Å². The van der Waals surface area contributed by atoms with Gasteiger partial charge in [0.25, 0.3) is 0 Å². The van der Waals surface area contributed by atoms with E-state index in [-0.39, 0.29) is 0 Å². The number of thioether (sulfide) groups is 1. The molecule has 6 heteroatoms. The van der Waals surface area contributed by atoms with Crippen molar-refractivity contribution in [3.63, 3.8) is 0 Å². The minimum atomic E-state index is 0.749. The van der Waals surface area contributed by atoms with Crippen LogP contribution in [0, 0.1) is 0 Å². The van der Waals surface area contributed by atoms with Gasteiger partial charge in [0, 0.05) is 5.75 Å². The number of hydrogen-bond acceptors (Lipinski definition) is 5. The van der Waals surface area contributed by atoms with Crippen molar-refractivity contribution in [1.29, 1.82) is 0 Å². The molecule has 0 saturated heterocycles. The van der Waals surface area contributed by atoms with Crippen molar-refractivity contribution in [3.05, 3.63) is 66.0 Å². The van der Waals surface area contributed by atoms with Crippen molar-refractivity contribution in [3.8, 4) is 11.4 Å². The molecule has 22 heavy (non-hydrogen) atoms. The van der Waals surface area contributed by atoms with Gasteiger partial charge in [-0.05, 0) is 40.3 Å². The lowest BCUT2D eigenvalue weighted by molar-refractivity contribution is 0.414. The summed E-state index contributed by atoms with van der Waals surface area (Å²) in [5.74, 6) is 3.36. The Morgan fingerprint density at radius 3 is 2.73 bits per heavy atom. The molecular formula is C16H16N4OS. The van der Waals surface area contributed by atoms with Gasteiger partial charge in [-0.25, -0.2) is 0 Å². The third kappa shape index (κ3) is 3.46. The molecule has 0 fully saturated rings. The number of benzene rings is 2. The van der Waals surface area contributed by atoms with Crippen molar-refractivity contribution in [1.82, 2.24) is 20.2 Å². The second-order valence-electron chi connectivity index (χ2n) is 4.69. The molecule has 0 amide bonds. The summed E-state index contributed by atoms with van der Waals surface area (Å²) in [6.45, 7) is 0. The molecule has 3 rings (SSSR count). The Labute approximate surface area is 133 Å². The molecule has 0 bridgehead atoms. The molecule has 0 aliphatic heterocycles. The number of nitrogens with zero attached hydrogens (tertiary/aromatic N) is 4. The lowest BCUT2D eigenvalue weighted by atomic mass is 10.2. The zero-order valence-electron chi connectivity index (χ0n) is 12.2. The SMILES string of the molecule is COc1cccc(CSCc2nnnn2-c2ccccc2)c1. The summed E-state index contributed by atoms with van der Waals surface area (Å²) in [6.07, 6.45) is 0. The maximum Gasteiger partial charge on any atom is 0.166 e. The summed E-state index contributed by atoms with van der Waals surface area (Å²) in [6, 6.07) is 18.0. The van der Waals surface area contributed by atoms with Crippen LogP contribution < -0.4 is 4.74 Å². The minimum absolute atomic E-state index is 0.749. The molecule has 0 atom stereocenters. The number of hydrogen-bond donors (Lipinski definition) is 0. The average Bonchev–Trinajstić information content (AvgIpc) is 3.04. The number of rotatable bonds is 6. The summed E-state index contributed by atoms with van der Waals surface area (Å²) in [7, 11) is 1.68. The van der Waals surface area contributed by atoms with Crippen LogP contribution in [0.25, 0.3) is 5.69 Å². The zero-order valence-corrected chi connectivity index (χ0v) is 13.0. The van der Waals surface area contributed by atoms with Crippen molar-refractivity contribution < 1.29 is 4.74 Å². The van der Waals surface area contributed by atoms with Crippen LogP contribution in [-0.4, -0.2) is 27.3 Å². The van der Waals surface area contributed by atoms with E-state index in [9.17, 15) is 0 Å². The molecule has 2 aromatic carbocycles. The number of tetrazole rings is 1. The van der Waals surface area contributed by atoms with E-state index in [1.807, 2.05) is 48.5 Å². The highest BCUT2D eigenvalue weighted by atomic mass is 32.2. The predicted molar refractivity (Wildman–Crippen MR) is 87.1 cm³/mol. The Morgan fingerprint density at radius 2 is 1.91 bits per heavy atom. The Bertz CT molecular complexity index is 730. The van der Waals surface area contributed by atoms with E-state index >= 15 is 0 Å². The van der Waals surface area contributed by atoms with Crippen molar-refractivity contribution in [2.75, 3.05) is 7.11 Å². The molecule has 0 radical (unpaired) electrons. The highest BCUT2D eigenvalue weighted by Gasteiger charge is 2.08. The number of aromatic nitrogens is 4. The molecule has 0 unspecified atom stereocenters. The topological polar surface area (TPSA) is 52.8 Å². The second-order valence-corrected chi connectivity index (χ2v) is 5.67. The standard InChI is InChI=1S/C16H16N4OS/c1-21-15-9-5-6-13(10-15)11-22-12-16-17-18-19-20(16)14-7-3-2-4-8-14/h2-10H,11-12H2,1H3. The van der Waals surface area contributed by atoms with E-state index in [0.29, 0.717) is 0 Å². The number of methoxy groups -OCH3 is 1. The molecule has 1 heterocycles. The maximum atomic E-state index is 5.24. The van der Waals surface area contributed by atoms with E-state index in [1.54, 1.807) is 23.6 Å². The monoisotopic (exact) mass is 312 g/mol. The van der Waals surface area contributed by atoms with Crippen LogP contribution in [-0.2, 0) is 11.5 Å². The smallest absolute Gasteiger partial charge is 0.166 e. The summed E-state index contributed by atoms with van der Waals surface area (Å²) >= 11 is 1.77. The first-order valence-corrected chi connectivity index (χ1v) is 8.05. The van der Waals surface area contributed by atoms with Gasteiger partial charge >= 0.3 is 0 Å². The van der Waals surface area contributed by atoms with Gasteiger partial charge in [0.05, 0.1) is 18.6 Å². The van der Waals surface area contributed by atoms with Gasteiger partial charge in [-0.15, -0.1) is 16.9 Å². The van der Waals surface area contributed by atoms with Crippen LogP contribution in [0.2, 0.25) is 0 Å². The molecule has 0 saturated carbocycles. The van der Waals surface area contributed by atoms with Gasteiger partial charge in [0.15, 0.2) is 5.82 Å². The van der Waals surface area contributed by atoms with Gasteiger partial charge in [-0.2, -0.15) is 4.68 Å². The highest BCUT2D eigenvalue weighted by Crippen LogP contribution is 2.20. The second kappa shape index (κ2) is 7.09. The van der Waals surface area contributed by atoms with Gasteiger partial charge < -0.3 is 4.74 Å². The fourth-order valence-corrected chi connectivity index (χ4v) is 2.97. The summed E-state index contributed by atoms with van der Waals surface area (Å²) < 4.78 is 7.01. The third-order valence-electron chi connectivity index (χ3n) is 3.17. The van der Waals surface area contributed by atoms with Gasteiger partial charge in [0.2, 0.25) is 0 Å². The molecule has 0 N–H and O–H groups in total. The maximum absolute atomic E-state index is 5.24. The first-order chi connectivity index (χ1) is 10.9. The highest BCUT2D eigenvalue weighted by molar-refractivity contribution is 7.97. The van der Waals surface area contributed by atoms with E-state index in [1.165, 1.54) is 5.56 Å². The number of ether oxygens (including phenoxy) is 1. The first-order valence-electron chi connectivity index (χ1n) is 6.90. The molecular weight excluding hydrogens is 296 g/mol. The van der Waals surface area contributed by atoms with E-state index < -0.39 is 0 Å². The Balaban J connectivity index is 1.64. The molecule has 5 nitrogen and oxygen atoms in total. The summed E-state index contributed by atoms with van der Waals surface area (Å²) in [5.41, 5.74) is 2.20. The fourth-order valence-electron chi connectivity index (χ4n) is 2.09. The fraction of sp³-hybridized carbons (Fsp3) is 0.188. The average molecular weight is 312 g/mol. The zero-order chi connectivity index (χ0) is 15.2. The Kier molecular flexibility index (Phi) is 4.70.